The van der Waals surface area contributed by atoms with Crippen molar-refractivity contribution in [3.8, 4) is 22.8 Å². The number of ether oxygens (including phenoxy) is 3. The first kappa shape index (κ1) is 25.2. The Morgan fingerprint density at radius 2 is 1.56 bits per heavy atom. The average molecular weight is 472 g/mol. The number of phenols is 2. The fraction of sp³-hybridized carbons (Fsp3) is 0.333. The number of aromatic hydroxyl groups is 2. The van der Waals surface area contributed by atoms with Crippen LogP contribution in [0.25, 0.3) is 22.3 Å². The molecule has 0 fully saturated rings. The molecular formula is C24H28N2O8. The zero-order valence-corrected chi connectivity index (χ0v) is 18.6. The summed E-state index contributed by atoms with van der Waals surface area (Å²) in [6.07, 6.45) is 0. The second-order valence-corrected chi connectivity index (χ2v) is 7.24. The van der Waals surface area contributed by atoms with Gasteiger partial charge in [-0.05, 0) is 24.3 Å². The van der Waals surface area contributed by atoms with E-state index in [1.807, 2.05) is 0 Å². The Morgan fingerprint density at radius 3 is 2.24 bits per heavy atom. The largest absolute Gasteiger partial charge is 0.504 e. The Hall–Kier alpha value is -3.44. The summed E-state index contributed by atoms with van der Waals surface area (Å²) in [5.41, 5.74) is 5.81. The Bertz CT molecular complexity index is 1140. The minimum Gasteiger partial charge on any atom is -0.504 e. The van der Waals surface area contributed by atoms with Crippen LogP contribution in [0.3, 0.4) is 0 Å². The number of rotatable bonds is 13. The van der Waals surface area contributed by atoms with Crippen LogP contribution in [-0.2, 0) is 14.2 Å². The molecule has 3 aromatic rings. The minimum atomic E-state index is -0.502. The van der Waals surface area contributed by atoms with Crippen LogP contribution in [0.4, 0.5) is 0 Å². The molecule has 0 saturated carbocycles. The summed E-state index contributed by atoms with van der Waals surface area (Å²) in [5.74, 6) is -0.958. The lowest BCUT2D eigenvalue weighted by molar-refractivity contribution is 0.0166. The van der Waals surface area contributed by atoms with E-state index in [4.69, 9.17) is 24.4 Å². The van der Waals surface area contributed by atoms with Crippen LogP contribution in [-0.4, -0.2) is 68.9 Å². The molecule has 2 aromatic carbocycles. The molecule has 0 aliphatic heterocycles. The van der Waals surface area contributed by atoms with Gasteiger partial charge in [0.05, 0.1) is 45.0 Å². The SMILES string of the molecule is NCCOCCOCCOCCNC(=O)c1ccc(-c2cc(=O)c3ccc(O)c(O)c3o2)cc1. The van der Waals surface area contributed by atoms with Crippen molar-refractivity contribution in [3.05, 3.63) is 58.3 Å². The predicted molar refractivity (Wildman–Crippen MR) is 125 cm³/mol. The van der Waals surface area contributed by atoms with E-state index < -0.39 is 5.75 Å². The highest BCUT2D eigenvalue weighted by atomic mass is 16.5. The van der Waals surface area contributed by atoms with Crippen LogP contribution in [0, 0.1) is 0 Å². The summed E-state index contributed by atoms with van der Waals surface area (Å²) in [6, 6.07) is 10.3. The van der Waals surface area contributed by atoms with Crippen LogP contribution in [0.2, 0.25) is 0 Å². The zero-order chi connectivity index (χ0) is 24.3. The molecule has 0 spiro atoms. The normalized spacial score (nSPS) is 11.1. The van der Waals surface area contributed by atoms with Crippen LogP contribution < -0.4 is 16.5 Å². The standard InChI is InChI=1S/C24H28N2O8/c25-7-9-31-11-13-33-14-12-32-10-8-26-24(30)17-3-1-16(2-4-17)21-15-20(28)18-5-6-19(27)22(29)23(18)34-21/h1-6,15,27,29H,7-14,25H2,(H,26,30). The number of fused-ring (bicyclic) bond motifs is 1. The summed E-state index contributed by atoms with van der Waals surface area (Å²) >= 11 is 0. The number of nitrogens with one attached hydrogen (secondary N) is 1. The fourth-order valence-electron chi connectivity index (χ4n) is 3.09. The van der Waals surface area contributed by atoms with Crippen LogP contribution in [0.15, 0.2) is 51.7 Å². The first-order chi connectivity index (χ1) is 16.5. The van der Waals surface area contributed by atoms with E-state index in [1.165, 1.54) is 18.2 Å². The molecule has 182 valence electrons. The van der Waals surface area contributed by atoms with Gasteiger partial charge in [0.25, 0.3) is 5.91 Å². The number of carbonyl (C=O) groups excluding carboxylic acids is 1. The van der Waals surface area contributed by atoms with Crippen molar-refractivity contribution >= 4 is 16.9 Å². The number of amides is 1. The van der Waals surface area contributed by atoms with Crippen LogP contribution in [0.1, 0.15) is 10.4 Å². The summed E-state index contributed by atoms with van der Waals surface area (Å²) in [6.45, 7) is 3.48. The molecule has 5 N–H and O–H groups in total. The number of hydrogen-bond acceptors (Lipinski definition) is 9. The van der Waals surface area contributed by atoms with Crippen molar-refractivity contribution in [1.29, 1.82) is 0 Å². The van der Waals surface area contributed by atoms with Gasteiger partial charge in [-0.25, -0.2) is 0 Å². The maximum absolute atomic E-state index is 12.3. The Labute approximate surface area is 195 Å². The third-order valence-electron chi connectivity index (χ3n) is 4.82. The highest BCUT2D eigenvalue weighted by molar-refractivity contribution is 5.94. The maximum atomic E-state index is 12.3. The van der Waals surface area contributed by atoms with E-state index in [2.05, 4.69) is 5.32 Å². The quantitative estimate of drug-likeness (QED) is 0.215. The molecule has 0 aliphatic rings. The summed E-state index contributed by atoms with van der Waals surface area (Å²) in [5, 5.41) is 22.6. The van der Waals surface area contributed by atoms with E-state index in [0.29, 0.717) is 63.9 Å². The zero-order valence-electron chi connectivity index (χ0n) is 18.6. The monoisotopic (exact) mass is 472 g/mol. The van der Waals surface area contributed by atoms with Gasteiger partial charge in [-0.15, -0.1) is 0 Å². The van der Waals surface area contributed by atoms with Crippen molar-refractivity contribution < 1.29 is 33.6 Å². The number of nitrogens with two attached hydrogens (primary N) is 1. The molecule has 0 bridgehead atoms. The molecule has 0 atom stereocenters. The third kappa shape index (κ3) is 6.78. The Morgan fingerprint density at radius 1 is 0.912 bits per heavy atom. The molecule has 1 amide bonds. The van der Waals surface area contributed by atoms with Crippen molar-refractivity contribution in [2.75, 3.05) is 52.7 Å². The van der Waals surface area contributed by atoms with Gasteiger partial charge in [-0.2, -0.15) is 0 Å². The predicted octanol–water partition coefficient (Wildman–Crippen LogP) is 1.61. The lowest BCUT2D eigenvalue weighted by Crippen LogP contribution is -2.27. The first-order valence-corrected chi connectivity index (χ1v) is 10.8. The second-order valence-electron chi connectivity index (χ2n) is 7.24. The lowest BCUT2D eigenvalue weighted by Gasteiger charge is -2.08. The van der Waals surface area contributed by atoms with E-state index >= 15 is 0 Å². The summed E-state index contributed by atoms with van der Waals surface area (Å²) < 4.78 is 21.6. The smallest absolute Gasteiger partial charge is 0.251 e. The van der Waals surface area contributed by atoms with Crippen molar-refractivity contribution in [2.24, 2.45) is 5.73 Å². The van der Waals surface area contributed by atoms with E-state index in [9.17, 15) is 19.8 Å². The van der Waals surface area contributed by atoms with Gasteiger partial charge in [-0.3, -0.25) is 9.59 Å². The molecule has 0 radical (unpaired) electrons. The number of phenolic OH excluding ortho intramolecular Hbond substituents is 2. The number of hydrogen-bond donors (Lipinski definition) is 4. The van der Waals surface area contributed by atoms with Gasteiger partial charge in [0, 0.05) is 30.3 Å². The van der Waals surface area contributed by atoms with Crippen LogP contribution >= 0.6 is 0 Å². The Kier molecular flexibility index (Phi) is 9.41. The second kappa shape index (κ2) is 12.7. The van der Waals surface area contributed by atoms with Gasteiger partial charge in [-0.1, -0.05) is 12.1 Å². The lowest BCUT2D eigenvalue weighted by atomic mass is 10.1. The topological polar surface area (TPSA) is 153 Å². The highest BCUT2D eigenvalue weighted by Gasteiger charge is 2.14. The molecule has 1 aromatic heterocycles. The molecule has 0 saturated heterocycles. The molecule has 0 aliphatic carbocycles. The summed E-state index contributed by atoms with van der Waals surface area (Å²) in [7, 11) is 0. The minimum absolute atomic E-state index is 0.102. The van der Waals surface area contributed by atoms with E-state index in [0.717, 1.165) is 0 Å². The molecule has 3 rings (SSSR count). The molecule has 1 heterocycles. The van der Waals surface area contributed by atoms with Gasteiger partial charge < -0.3 is 39.9 Å². The van der Waals surface area contributed by atoms with Gasteiger partial charge in [0.15, 0.2) is 16.8 Å². The van der Waals surface area contributed by atoms with Gasteiger partial charge in [0.1, 0.15) is 5.76 Å². The van der Waals surface area contributed by atoms with E-state index in [1.54, 1.807) is 24.3 Å². The summed E-state index contributed by atoms with van der Waals surface area (Å²) in [4.78, 5) is 24.7. The van der Waals surface area contributed by atoms with Crippen molar-refractivity contribution in [2.45, 2.75) is 0 Å². The fourth-order valence-corrected chi connectivity index (χ4v) is 3.09. The molecule has 10 nitrogen and oxygen atoms in total. The van der Waals surface area contributed by atoms with Gasteiger partial charge in [0.2, 0.25) is 5.75 Å². The number of carbonyl (C=O) groups is 1. The van der Waals surface area contributed by atoms with Gasteiger partial charge >= 0.3 is 0 Å². The molecule has 0 unspecified atom stereocenters. The maximum Gasteiger partial charge on any atom is 0.251 e. The highest BCUT2D eigenvalue weighted by Crippen LogP contribution is 2.34. The van der Waals surface area contributed by atoms with Crippen LogP contribution in [0.5, 0.6) is 11.5 Å². The molecule has 34 heavy (non-hydrogen) atoms. The molecular weight excluding hydrogens is 444 g/mol. The van der Waals surface area contributed by atoms with Crippen molar-refractivity contribution in [1.82, 2.24) is 5.32 Å². The number of benzene rings is 2. The van der Waals surface area contributed by atoms with Crippen molar-refractivity contribution in [3.63, 3.8) is 0 Å². The Balaban J connectivity index is 1.46. The average Bonchev–Trinajstić information content (AvgIpc) is 2.85. The first-order valence-electron chi connectivity index (χ1n) is 10.8. The third-order valence-corrected chi connectivity index (χ3v) is 4.82. The van der Waals surface area contributed by atoms with E-state index in [-0.39, 0.29) is 33.8 Å². The molecule has 10 heteroatoms.